The molecule has 0 aromatic heterocycles. The summed E-state index contributed by atoms with van der Waals surface area (Å²) in [6.45, 7) is 10.00. The second kappa shape index (κ2) is 38.0. The number of aliphatic hydroxyl groups is 1. The van der Waals surface area contributed by atoms with E-state index in [0.29, 0.717) is 12.8 Å². The van der Waals surface area contributed by atoms with E-state index >= 15 is 0 Å². The van der Waals surface area contributed by atoms with Crippen molar-refractivity contribution in [1.29, 1.82) is 0 Å². The van der Waals surface area contributed by atoms with Crippen LogP contribution in [0.4, 0.5) is 4.39 Å². The Hall–Kier alpha value is -2.21. The molecule has 0 aliphatic heterocycles. The predicted molar refractivity (Wildman–Crippen MR) is 212 cm³/mol. The zero-order chi connectivity index (χ0) is 37.6. The maximum absolute atomic E-state index is 13.1. The smallest absolute Gasteiger partial charge is 0.308 e. The molecule has 0 aromatic rings. The van der Waals surface area contributed by atoms with E-state index in [1.54, 1.807) is 0 Å². The molecule has 2 atom stereocenters. The molecule has 50 heavy (non-hydrogen) atoms. The van der Waals surface area contributed by atoms with Gasteiger partial charge in [0.05, 0.1) is 18.9 Å². The lowest BCUT2D eigenvalue weighted by atomic mass is 10.1. The number of carbonyl (C=O) groups is 2. The molecule has 5 nitrogen and oxygen atoms in total. The Morgan fingerprint density at radius 3 is 1.36 bits per heavy atom. The summed E-state index contributed by atoms with van der Waals surface area (Å²) in [6, 6.07) is 0. The average molecular weight is 707 g/mol. The van der Waals surface area contributed by atoms with Crippen molar-refractivity contribution in [3.05, 3.63) is 48.6 Å². The quantitative estimate of drug-likeness (QED) is 0.0413. The van der Waals surface area contributed by atoms with Crippen LogP contribution in [0.3, 0.4) is 0 Å². The number of carboxylic acid groups (broad SMARTS) is 1. The van der Waals surface area contributed by atoms with Crippen LogP contribution in [0.5, 0.6) is 0 Å². The fraction of sp³-hybridized carbons (Fsp3) is 0.773. The van der Waals surface area contributed by atoms with Crippen LogP contribution in [-0.4, -0.2) is 40.0 Å². The number of esters is 1. The minimum atomic E-state index is -1.18. The summed E-state index contributed by atoms with van der Waals surface area (Å²) in [7, 11) is 0. The van der Waals surface area contributed by atoms with Crippen molar-refractivity contribution in [3.63, 3.8) is 0 Å². The minimum absolute atomic E-state index is 0.106. The molecule has 292 valence electrons. The number of alkyl halides is 1. The first-order valence-corrected chi connectivity index (χ1v) is 20.4. The van der Waals surface area contributed by atoms with Gasteiger partial charge in [0, 0.05) is 0 Å². The fourth-order valence-electron chi connectivity index (χ4n) is 5.34. The number of hydrogen-bond donors (Lipinski definition) is 2. The SMILES string of the molecule is CCCCC/C=C\C/C=C\CCCCCCCC(F)CC(=O)O.CCCCC/C=C\C/C=C\CCCCCCCC(O)CC(=O)OC(C)(C)C. The van der Waals surface area contributed by atoms with Gasteiger partial charge in [-0.3, -0.25) is 9.59 Å². The number of halogens is 1. The molecule has 0 bridgehead atoms. The number of hydrogen-bond acceptors (Lipinski definition) is 4. The number of carbonyl (C=O) groups excluding carboxylic acids is 1. The van der Waals surface area contributed by atoms with Gasteiger partial charge in [0.15, 0.2) is 0 Å². The van der Waals surface area contributed by atoms with Crippen molar-refractivity contribution >= 4 is 11.9 Å². The number of aliphatic carboxylic acids is 1. The van der Waals surface area contributed by atoms with Gasteiger partial charge in [-0.1, -0.05) is 140 Å². The van der Waals surface area contributed by atoms with Crippen molar-refractivity contribution in [3.8, 4) is 0 Å². The highest BCUT2D eigenvalue weighted by molar-refractivity contribution is 5.70. The first-order chi connectivity index (χ1) is 24.0. The molecule has 0 rings (SSSR count). The molecule has 2 N–H and O–H groups in total. The lowest BCUT2D eigenvalue weighted by molar-refractivity contribution is -0.157. The van der Waals surface area contributed by atoms with Gasteiger partial charge >= 0.3 is 11.9 Å². The monoisotopic (exact) mass is 707 g/mol. The summed E-state index contributed by atoms with van der Waals surface area (Å²) >= 11 is 0. The predicted octanol–water partition coefficient (Wildman–Crippen LogP) is 13.5. The average Bonchev–Trinajstić information content (AvgIpc) is 3.03. The lowest BCUT2D eigenvalue weighted by Gasteiger charge is -2.20. The van der Waals surface area contributed by atoms with Gasteiger partial charge in [-0.15, -0.1) is 0 Å². The summed E-state index contributed by atoms with van der Waals surface area (Å²) in [4.78, 5) is 22.0. The van der Waals surface area contributed by atoms with Crippen LogP contribution < -0.4 is 0 Å². The molecular weight excluding hydrogens is 627 g/mol. The van der Waals surface area contributed by atoms with Crippen molar-refractivity contribution in [2.24, 2.45) is 0 Å². The van der Waals surface area contributed by atoms with E-state index in [1.165, 1.54) is 83.5 Å². The number of unbranched alkanes of at least 4 members (excludes halogenated alkanes) is 16. The molecular formula is C44H79FO5. The Morgan fingerprint density at radius 1 is 0.580 bits per heavy atom. The Kier molecular flexibility index (Phi) is 38.0. The molecule has 0 radical (unpaired) electrons. The van der Waals surface area contributed by atoms with Crippen LogP contribution >= 0.6 is 0 Å². The molecule has 0 spiro atoms. The van der Waals surface area contributed by atoms with Gasteiger partial charge < -0.3 is 14.9 Å². The molecule has 0 fully saturated rings. The summed E-state index contributed by atoms with van der Waals surface area (Å²) < 4.78 is 18.3. The molecule has 0 saturated carbocycles. The van der Waals surface area contributed by atoms with E-state index in [-0.39, 0.29) is 18.8 Å². The highest BCUT2D eigenvalue weighted by atomic mass is 19.1. The number of rotatable bonds is 32. The van der Waals surface area contributed by atoms with Crippen LogP contribution in [0.25, 0.3) is 0 Å². The van der Waals surface area contributed by atoms with E-state index in [1.807, 2.05) is 20.8 Å². The number of aliphatic hydroxyl groups excluding tert-OH is 1. The summed E-state index contributed by atoms with van der Waals surface area (Å²) in [5.74, 6) is -1.35. The zero-order valence-electron chi connectivity index (χ0n) is 33.2. The Labute approximate surface area is 308 Å². The first kappa shape index (κ1) is 49.9. The van der Waals surface area contributed by atoms with E-state index in [4.69, 9.17) is 9.84 Å². The van der Waals surface area contributed by atoms with E-state index in [9.17, 15) is 19.1 Å². The maximum atomic E-state index is 13.1. The van der Waals surface area contributed by atoms with Crippen molar-refractivity contribution in [1.82, 2.24) is 0 Å². The molecule has 0 aromatic carbocycles. The van der Waals surface area contributed by atoms with Gasteiger partial charge in [0.2, 0.25) is 0 Å². The van der Waals surface area contributed by atoms with Crippen molar-refractivity contribution in [2.75, 3.05) is 0 Å². The first-order valence-electron chi connectivity index (χ1n) is 20.4. The zero-order valence-corrected chi connectivity index (χ0v) is 33.2. The highest BCUT2D eigenvalue weighted by Gasteiger charge is 2.19. The van der Waals surface area contributed by atoms with Crippen LogP contribution in [0.1, 0.15) is 202 Å². The molecule has 0 aliphatic carbocycles. The van der Waals surface area contributed by atoms with Gasteiger partial charge in [-0.2, -0.15) is 0 Å². The topological polar surface area (TPSA) is 83.8 Å². The molecule has 6 heteroatoms. The second-order valence-corrected chi connectivity index (χ2v) is 14.7. The number of ether oxygens (including phenoxy) is 1. The van der Waals surface area contributed by atoms with E-state index in [0.717, 1.165) is 57.8 Å². The normalized spacial score (nSPS) is 13.3. The Bertz CT molecular complexity index is 870. The van der Waals surface area contributed by atoms with Crippen LogP contribution in [0, 0.1) is 0 Å². The molecule has 0 saturated heterocycles. The molecule has 0 heterocycles. The van der Waals surface area contributed by atoms with Gasteiger partial charge in [0.25, 0.3) is 0 Å². The highest BCUT2D eigenvalue weighted by Crippen LogP contribution is 2.15. The molecule has 0 aliphatic rings. The van der Waals surface area contributed by atoms with Crippen molar-refractivity contribution < 1.29 is 28.9 Å². The van der Waals surface area contributed by atoms with Gasteiger partial charge in [-0.05, 0) is 97.8 Å². The van der Waals surface area contributed by atoms with Gasteiger partial charge in [-0.25, -0.2) is 4.39 Å². The lowest BCUT2D eigenvalue weighted by Crippen LogP contribution is -2.26. The van der Waals surface area contributed by atoms with E-state index < -0.39 is 23.8 Å². The number of allylic oxidation sites excluding steroid dienone is 8. The molecule has 0 amide bonds. The van der Waals surface area contributed by atoms with Crippen LogP contribution in [-0.2, 0) is 14.3 Å². The largest absolute Gasteiger partial charge is 0.481 e. The van der Waals surface area contributed by atoms with Crippen LogP contribution in [0.2, 0.25) is 0 Å². The third kappa shape index (κ3) is 45.8. The summed E-state index contributed by atoms with van der Waals surface area (Å²) in [6.07, 6.45) is 42.9. The molecule has 2 unspecified atom stereocenters. The Morgan fingerprint density at radius 2 is 0.960 bits per heavy atom. The third-order valence-corrected chi connectivity index (χ3v) is 8.17. The third-order valence-electron chi connectivity index (χ3n) is 8.17. The van der Waals surface area contributed by atoms with Gasteiger partial charge in [0.1, 0.15) is 11.8 Å². The summed E-state index contributed by atoms with van der Waals surface area (Å²) in [5, 5.41) is 18.4. The van der Waals surface area contributed by atoms with Crippen LogP contribution in [0.15, 0.2) is 48.6 Å². The van der Waals surface area contributed by atoms with Crippen molar-refractivity contribution in [2.45, 2.75) is 219 Å². The fourth-order valence-corrected chi connectivity index (χ4v) is 5.34. The standard InChI is InChI=1S/C24H44O3.C20H35FO2/c1-5-6-7-8-9-10-11-12-13-14-15-16-17-18-19-20-22(25)21-23(26)27-24(2,3)4;1-2-3-4-5-6-7-8-9-10-11-12-13-14-15-16-17-19(21)18-20(22)23/h9-10,12-13,22,25H,5-8,11,14-21H2,1-4H3;6-7,9-10,19H,2-5,8,11-18H2,1H3,(H,22,23)/b10-9-,13-12-;7-6-,10-9-. The minimum Gasteiger partial charge on any atom is -0.481 e. The Balaban J connectivity index is 0. The maximum Gasteiger partial charge on any atom is 0.308 e. The summed E-state index contributed by atoms with van der Waals surface area (Å²) in [5.41, 5.74) is -0.476. The number of carboxylic acids is 1. The van der Waals surface area contributed by atoms with E-state index in [2.05, 4.69) is 62.5 Å². The second-order valence-electron chi connectivity index (χ2n) is 14.7.